The number of fused-ring (bicyclic) bond motifs is 1. The van der Waals surface area contributed by atoms with E-state index in [0.29, 0.717) is 27.2 Å². The fraction of sp³-hybridized carbons (Fsp3) is 0.100. The number of nitrogens with one attached hydrogen (secondary N) is 2. The molecule has 0 amide bonds. The molecular formula is C20H16Cl2N4O4S. The zero-order valence-corrected chi connectivity index (χ0v) is 18.4. The van der Waals surface area contributed by atoms with Gasteiger partial charge in [-0.3, -0.25) is 4.98 Å². The molecule has 0 saturated carbocycles. The van der Waals surface area contributed by atoms with Gasteiger partial charge in [-0.05, 0) is 24.3 Å². The lowest BCUT2D eigenvalue weighted by atomic mass is 10.2. The van der Waals surface area contributed by atoms with Crippen LogP contribution in [0.2, 0.25) is 10.0 Å². The Morgan fingerprint density at radius 2 is 1.84 bits per heavy atom. The van der Waals surface area contributed by atoms with Crippen LogP contribution < -0.4 is 19.5 Å². The molecule has 1 aliphatic rings. The van der Waals surface area contributed by atoms with Crippen LogP contribution in [0.25, 0.3) is 0 Å². The van der Waals surface area contributed by atoms with Crippen molar-refractivity contribution >= 4 is 44.9 Å². The highest BCUT2D eigenvalue weighted by atomic mass is 35.5. The number of methoxy groups -OCH3 is 1. The van der Waals surface area contributed by atoms with E-state index in [9.17, 15) is 8.42 Å². The number of halogens is 2. The van der Waals surface area contributed by atoms with Crippen LogP contribution in [0.1, 0.15) is 5.69 Å². The van der Waals surface area contributed by atoms with Gasteiger partial charge in [0, 0.05) is 18.3 Å². The summed E-state index contributed by atoms with van der Waals surface area (Å²) in [5.74, 6) is 0.865. The zero-order valence-electron chi connectivity index (χ0n) is 16.1. The molecule has 11 heteroatoms. The van der Waals surface area contributed by atoms with Gasteiger partial charge in [-0.25, -0.2) is 18.1 Å². The van der Waals surface area contributed by atoms with Crippen LogP contribution in [0.15, 0.2) is 64.6 Å². The summed E-state index contributed by atoms with van der Waals surface area (Å²) in [6.45, 7) is 0.0662. The first-order valence-electron chi connectivity index (χ1n) is 8.95. The molecule has 0 spiro atoms. The monoisotopic (exact) mass is 478 g/mol. The number of aliphatic imine (C=N–C) groups is 1. The van der Waals surface area contributed by atoms with Crippen LogP contribution in [0.4, 0.5) is 5.69 Å². The number of ether oxygens (including phenoxy) is 2. The van der Waals surface area contributed by atoms with E-state index in [1.807, 2.05) is 0 Å². The highest BCUT2D eigenvalue weighted by Crippen LogP contribution is 2.41. The third-order valence-corrected chi connectivity index (χ3v) is 6.34. The number of sulfonamides is 1. The number of guanidine groups is 1. The Hall–Kier alpha value is -3.01. The normalized spacial score (nSPS) is 15.5. The van der Waals surface area contributed by atoms with Crippen LogP contribution in [0.3, 0.4) is 0 Å². The summed E-state index contributed by atoms with van der Waals surface area (Å²) < 4.78 is 39.3. The molecule has 0 atom stereocenters. The molecule has 0 aliphatic carbocycles. The van der Waals surface area contributed by atoms with E-state index < -0.39 is 10.0 Å². The average molecular weight is 479 g/mol. The van der Waals surface area contributed by atoms with Gasteiger partial charge in [0.1, 0.15) is 22.1 Å². The molecular weight excluding hydrogens is 463 g/mol. The van der Waals surface area contributed by atoms with E-state index in [1.165, 1.54) is 13.2 Å². The minimum Gasteiger partial charge on any atom is -0.497 e. The van der Waals surface area contributed by atoms with Crippen LogP contribution in [0, 0.1) is 0 Å². The second-order valence-electron chi connectivity index (χ2n) is 6.36. The van der Waals surface area contributed by atoms with Crippen molar-refractivity contribution in [2.75, 3.05) is 12.4 Å². The Balaban J connectivity index is 1.75. The summed E-state index contributed by atoms with van der Waals surface area (Å²) in [5, 5.41) is 3.77. The molecule has 2 aromatic carbocycles. The number of anilines is 1. The lowest BCUT2D eigenvalue weighted by Crippen LogP contribution is -2.41. The Bertz CT molecular complexity index is 1280. The maximum atomic E-state index is 12.9. The molecule has 0 unspecified atom stereocenters. The summed E-state index contributed by atoms with van der Waals surface area (Å²) in [7, 11) is -2.52. The van der Waals surface area contributed by atoms with Gasteiger partial charge in [0.05, 0.1) is 29.4 Å². The molecule has 2 heterocycles. The quantitative estimate of drug-likeness (QED) is 0.561. The van der Waals surface area contributed by atoms with Gasteiger partial charge in [0.2, 0.25) is 5.96 Å². The molecule has 31 heavy (non-hydrogen) atoms. The molecule has 4 rings (SSSR count). The van der Waals surface area contributed by atoms with Crippen molar-refractivity contribution in [3.63, 3.8) is 0 Å². The summed E-state index contributed by atoms with van der Waals surface area (Å²) in [6, 6.07) is 13.2. The van der Waals surface area contributed by atoms with E-state index in [1.54, 1.807) is 48.7 Å². The number of aromatic nitrogens is 1. The fourth-order valence-electron chi connectivity index (χ4n) is 2.83. The van der Waals surface area contributed by atoms with Gasteiger partial charge in [-0.2, -0.15) is 0 Å². The predicted molar refractivity (Wildman–Crippen MR) is 119 cm³/mol. The lowest BCUT2D eigenvalue weighted by Gasteiger charge is -2.24. The number of pyridine rings is 1. The van der Waals surface area contributed by atoms with Gasteiger partial charge in [0.25, 0.3) is 10.0 Å². The number of nitrogens with zero attached hydrogens (tertiary/aromatic N) is 2. The molecule has 2 N–H and O–H groups in total. The molecule has 8 nitrogen and oxygen atoms in total. The lowest BCUT2D eigenvalue weighted by molar-refractivity contribution is 0.407. The van der Waals surface area contributed by atoms with Crippen molar-refractivity contribution < 1.29 is 17.9 Å². The first-order valence-corrected chi connectivity index (χ1v) is 11.2. The van der Waals surface area contributed by atoms with E-state index in [0.717, 1.165) is 0 Å². The first-order chi connectivity index (χ1) is 14.9. The molecule has 160 valence electrons. The van der Waals surface area contributed by atoms with Crippen molar-refractivity contribution in [1.29, 1.82) is 0 Å². The SMILES string of the molecule is COc1cc(Oc2ccccc2Cl)c2c(c1)S(=O)(=O)NC(=NCc1ncccc1Cl)N2. The van der Waals surface area contributed by atoms with E-state index in [4.69, 9.17) is 32.7 Å². The van der Waals surface area contributed by atoms with Crippen LogP contribution in [-0.2, 0) is 16.6 Å². The molecule has 1 aromatic heterocycles. The minimum absolute atomic E-state index is 0.00314. The summed E-state index contributed by atoms with van der Waals surface area (Å²) in [6.07, 6.45) is 1.58. The molecule has 0 bridgehead atoms. The largest absolute Gasteiger partial charge is 0.497 e. The summed E-state index contributed by atoms with van der Waals surface area (Å²) in [5.41, 5.74) is 0.705. The summed E-state index contributed by atoms with van der Waals surface area (Å²) >= 11 is 12.3. The first kappa shape index (κ1) is 21.2. The van der Waals surface area contributed by atoms with Crippen molar-refractivity contribution in [2.45, 2.75) is 11.4 Å². The molecule has 3 aromatic rings. The Morgan fingerprint density at radius 1 is 1.06 bits per heavy atom. The number of rotatable bonds is 5. The highest BCUT2D eigenvalue weighted by molar-refractivity contribution is 7.90. The maximum absolute atomic E-state index is 12.9. The second kappa shape index (κ2) is 8.62. The zero-order chi connectivity index (χ0) is 22.0. The smallest absolute Gasteiger partial charge is 0.266 e. The van der Waals surface area contributed by atoms with Crippen LogP contribution in [0.5, 0.6) is 17.2 Å². The molecule has 1 aliphatic heterocycles. The minimum atomic E-state index is -3.95. The molecule has 0 radical (unpaired) electrons. The van der Waals surface area contributed by atoms with E-state index >= 15 is 0 Å². The fourth-order valence-corrected chi connectivity index (χ4v) is 4.36. The summed E-state index contributed by atoms with van der Waals surface area (Å²) in [4.78, 5) is 8.37. The van der Waals surface area contributed by atoms with Gasteiger partial charge in [0.15, 0.2) is 5.75 Å². The standard InChI is InChI=1S/C20H16Cl2N4O4S/c1-29-12-9-17(30-16-7-3-2-5-14(16)22)19-18(10-12)31(27,28)26-20(25-19)24-11-15-13(21)6-4-8-23-15/h2-10H,11H2,1H3,(H2,24,25,26). The highest BCUT2D eigenvalue weighted by Gasteiger charge is 2.31. The van der Waals surface area contributed by atoms with Crippen molar-refractivity contribution in [3.05, 3.63) is 70.5 Å². The predicted octanol–water partition coefficient (Wildman–Crippen LogP) is 4.45. The third kappa shape index (κ3) is 4.53. The van der Waals surface area contributed by atoms with E-state index in [2.05, 4.69) is 20.0 Å². The van der Waals surface area contributed by atoms with E-state index in [-0.39, 0.29) is 28.8 Å². The second-order valence-corrected chi connectivity index (χ2v) is 8.82. The van der Waals surface area contributed by atoms with Crippen molar-refractivity contribution in [2.24, 2.45) is 4.99 Å². The number of benzene rings is 2. The molecule has 0 saturated heterocycles. The topological polar surface area (TPSA) is 102 Å². The number of hydrogen-bond donors (Lipinski definition) is 2. The van der Waals surface area contributed by atoms with Crippen molar-refractivity contribution in [1.82, 2.24) is 9.71 Å². The maximum Gasteiger partial charge on any atom is 0.266 e. The van der Waals surface area contributed by atoms with Gasteiger partial charge in [-0.1, -0.05) is 35.3 Å². The van der Waals surface area contributed by atoms with Gasteiger partial charge >= 0.3 is 0 Å². The van der Waals surface area contributed by atoms with Gasteiger partial charge < -0.3 is 14.8 Å². The third-order valence-electron chi connectivity index (χ3n) is 4.32. The Labute approximate surface area is 188 Å². The van der Waals surface area contributed by atoms with Crippen LogP contribution in [-0.4, -0.2) is 26.5 Å². The van der Waals surface area contributed by atoms with Crippen LogP contribution >= 0.6 is 23.2 Å². The average Bonchev–Trinajstić information content (AvgIpc) is 2.74. The molecule has 0 fully saturated rings. The van der Waals surface area contributed by atoms with Gasteiger partial charge in [-0.15, -0.1) is 0 Å². The number of hydrogen-bond acceptors (Lipinski definition) is 6. The van der Waals surface area contributed by atoms with Crippen molar-refractivity contribution in [3.8, 4) is 17.2 Å². The number of para-hydroxylation sites is 1. The Morgan fingerprint density at radius 3 is 2.58 bits per heavy atom. The Kier molecular flexibility index (Phi) is 5.90.